The molecule has 35 heavy (non-hydrogen) atoms. The molecule has 1 aliphatic heterocycles. The van der Waals surface area contributed by atoms with Crippen LogP contribution in [0.3, 0.4) is 0 Å². The number of H-pyrrole nitrogens is 1. The van der Waals surface area contributed by atoms with Crippen molar-refractivity contribution in [1.29, 1.82) is 0 Å². The van der Waals surface area contributed by atoms with Gasteiger partial charge in [-0.05, 0) is 45.8 Å². The number of nitrogens with one attached hydrogen (secondary N) is 3. The average molecular weight is 506 g/mol. The van der Waals surface area contributed by atoms with Crippen LogP contribution in [0.2, 0.25) is 0 Å². The Morgan fingerprint density at radius 1 is 1.40 bits per heavy atom. The van der Waals surface area contributed by atoms with Gasteiger partial charge in [-0.25, -0.2) is 4.79 Å². The van der Waals surface area contributed by atoms with Crippen LogP contribution in [0.1, 0.15) is 52.8 Å². The summed E-state index contributed by atoms with van der Waals surface area (Å²) in [5.41, 5.74) is -0.198. The minimum atomic E-state index is -0.839. The number of carbonyl (C=O) groups excluding carboxylic acids is 2. The van der Waals surface area contributed by atoms with E-state index >= 15 is 0 Å². The summed E-state index contributed by atoms with van der Waals surface area (Å²) in [6.07, 6.45) is -0.257. The Bertz CT molecular complexity index is 1180. The monoisotopic (exact) mass is 505 g/mol. The van der Waals surface area contributed by atoms with Gasteiger partial charge in [0.05, 0.1) is 11.0 Å². The van der Waals surface area contributed by atoms with Crippen molar-refractivity contribution in [3.63, 3.8) is 0 Å². The van der Waals surface area contributed by atoms with E-state index in [2.05, 4.69) is 27.2 Å². The molecule has 0 fully saturated rings. The Kier molecular flexibility index (Phi) is 8.66. The zero-order chi connectivity index (χ0) is 26.7. The topological polar surface area (TPSA) is 156 Å². The summed E-state index contributed by atoms with van der Waals surface area (Å²) >= 11 is 1.15. The van der Waals surface area contributed by atoms with Crippen LogP contribution in [-0.4, -0.2) is 51.7 Å². The predicted octanol–water partition coefficient (Wildman–Crippen LogP) is 3.47. The number of aryl methyl sites for hydroxylation is 1. The maximum absolute atomic E-state index is 12.7. The van der Waals surface area contributed by atoms with Crippen molar-refractivity contribution >= 4 is 41.4 Å². The molecule has 1 aliphatic rings. The van der Waals surface area contributed by atoms with Crippen molar-refractivity contribution in [3.8, 4) is 0 Å². The third-order valence-corrected chi connectivity index (χ3v) is 5.96. The average Bonchev–Trinajstić information content (AvgIpc) is 2.68. The third-order valence-electron chi connectivity index (χ3n) is 4.85. The maximum Gasteiger partial charge on any atom is 0.413 e. The number of aromatic nitrogens is 1. The summed E-state index contributed by atoms with van der Waals surface area (Å²) in [6, 6.07) is -0.466. The Balaban J connectivity index is 2.92. The number of carbonyl (C=O) groups is 2. The Morgan fingerprint density at radius 3 is 2.54 bits per heavy atom. The molecule has 190 valence electrons. The SMILES string of the molecule is C=C1C(CNC=O)=C(c2c(C)[nH]c(=O)c([N+](=O)[O-])c2SC(C)C)C(NC(=O)OC(C)(C)C)=NC1C. The highest BCUT2D eigenvalue weighted by atomic mass is 32.2. The minimum Gasteiger partial charge on any atom is -0.444 e. The van der Waals surface area contributed by atoms with E-state index in [0.29, 0.717) is 34.4 Å². The van der Waals surface area contributed by atoms with E-state index < -0.39 is 33.9 Å². The summed E-state index contributed by atoms with van der Waals surface area (Å²) in [7, 11) is 0. The first-order valence-corrected chi connectivity index (χ1v) is 11.8. The number of ether oxygens (including phenoxy) is 1. The van der Waals surface area contributed by atoms with E-state index in [-0.39, 0.29) is 22.5 Å². The zero-order valence-electron chi connectivity index (χ0n) is 20.9. The molecule has 1 atom stereocenters. The fraction of sp³-hybridized carbons (Fsp3) is 0.478. The van der Waals surface area contributed by atoms with E-state index in [1.807, 2.05) is 13.8 Å². The zero-order valence-corrected chi connectivity index (χ0v) is 21.7. The standard InChI is InChI=1S/C23H31N5O6S/c1-11(2)35-19-16(14(5)26-21(30)18(19)28(32)33)17-15(9-24-10-29)12(3)13(4)25-20(17)27-22(31)34-23(6,7)8/h10-11,13H,3,9H2,1-2,4-8H3,(H,24,29)(H,26,30)(H,25,27,31). The summed E-state index contributed by atoms with van der Waals surface area (Å²) in [5.74, 6) is 0.0944. The smallest absolute Gasteiger partial charge is 0.413 e. The molecule has 0 saturated carbocycles. The van der Waals surface area contributed by atoms with Crippen molar-refractivity contribution in [2.45, 2.75) is 70.3 Å². The van der Waals surface area contributed by atoms with Gasteiger partial charge in [-0.1, -0.05) is 20.4 Å². The molecule has 0 aliphatic carbocycles. The van der Waals surface area contributed by atoms with E-state index in [1.165, 1.54) is 0 Å². The maximum atomic E-state index is 12.7. The van der Waals surface area contributed by atoms with Gasteiger partial charge in [0.25, 0.3) is 0 Å². The molecule has 1 aromatic rings. The second-order valence-corrected chi connectivity index (χ2v) is 10.8. The lowest BCUT2D eigenvalue weighted by Crippen LogP contribution is -2.40. The van der Waals surface area contributed by atoms with Gasteiger partial charge < -0.3 is 15.0 Å². The van der Waals surface area contributed by atoms with Crippen LogP contribution in [0.4, 0.5) is 10.5 Å². The second kappa shape index (κ2) is 10.9. The lowest BCUT2D eigenvalue weighted by atomic mass is 9.87. The lowest BCUT2D eigenvalue weighted by Gasteiger charge is -2.29. The molecule has 1 aromatic heterocycles. The first-order chi connectivity index (χ1) is 16.2. The van der Waals surface area contributed by atoms with Gasteiger partial charge in [0, 0.05) is 28.6 Å². The molecule has 2 rings (SSSR count). The summed E-state index contributed by atoms with van der Waals surface area (Å²) in [5, 5.41) is 17.1. The number of rotatable bonds is 7. The minimum absolute atomic E-state index is 0.0230. The van der Waals surface area contributed by atoms with Crippen molar-refractivity contribution in [1.82, 2.24) is 15.6 Å². The number of nitro groups is 1. The van der Waals surface area contributed by atoms with Crippen molar-refractivity contribution in [3.05, 3.63) is 49.5 Å². The van der Waals surface area contributed by atoms with E-state index in [0.717, 1.165) is 11.8 Å². The van der Waals surface area contributed by atoms with E-state index in [4.69, 9.17) is 4.74 Å². The normalized spacial score (nSPS) is 16.2. The molecular formula is C23H31N5O6S. The predicted molar refractivity (Wildman–Crippen MR) is 136 cm³/mol. The molecule has 0 radical (unpaired) electrons. The third kappa shape index (κ3) is 6.59. The quantitative estimate of drug-likeness (QED) is 0.222. The Hall–Kier alpha value is -3.41. The number of aliphatic imine (C=N–C) groups is 1. The molecule has 0 saturated heterocycles. The highest BCUT2D eigenvalue weighted by molar-refractivity contribution is 8.00. The van der Waals surface area contributed by atoms with Gasteiger partial charge in [-0.3, -0.25) is 30.0 Å². The van der Waals surface area contributed by atoms with Crippen molar-refractivity contribution in [2.24, 2.45) is 4.99 Å². The van der Waals surface area contributed by atoms with Gasteiger partial charge in [-0.2, -0.15) is 0 Å². The Labute approximate surface area is 207 Å². The number of alkyl carbamates (subject to hydrolysis) is 1. The molecule has 11 nitrogen and oxygen atoms in total. The van der Waals surface area contributed by atoms with Gasteiger partial charge in [-0.15, -0.1) is 11.8 Å². The second-order valence-electron chi connectivity index (χ2n) is 9.21. The van der Waals surface area contributed by atoms with Gasteiger partial charge >= 0.3 is 17.3 Å². The molecule has 0 bridgehead atoms. The van der Waals surface area contributed by atoms with Gasteiger partial charge in [0.2, 0.25) is 6.41 Å². The summed E-state index contributed by atoms with van der Waals surface area (Å²) in [6.45, 7) is 16.3. The highest BCUT2D eigenvalue weighted by Crippen LogP contribution is 2.41. The number of dihydropyridines is 1. The number of pyridine rings is 1. The van der Waals surface area contributed by atoms with Crippen LogP contribution in [0.25, 0.3) is 5.57 Å². The molecule has 0 spiro atoms. The molecule has 1 unspecified atom stereocenters. The van der Waals surface area contributed by atoms with Gasteiger partial charge in [0.1, 0.15) is 16.3 Å². The van der Waals surface area contributed by atoms with Crippen LogP contribution in [0.15, 0.2) is 32.4 Å². The Morgan fingerprint density at radius 2 is 2.03 bits per heavy atom. The summed E-state index contributed by atoms with van der Waals surface area (Å²) < 4.78 is 5.39. The van der Waals surface area contributed by atoms with Crippen molar-refractivity contribution in [2.75, 3.05) is 6.54 Å². The number of amidine groups is 1. The fourth-order valence-electron chi connectivity index (χ4n) is 3.50. The first kappa shape index (κ1) is 27.8. The van der Waals surface area contributed by atoms with Crippen LogP contribution in [0, 0.1) is 17.0 Å². The lowest BCUT2D eigenvalue weighted by molar-refractivity contribution is -0.389. The number of nitrogens with zero attached hydrogens (tertiary/aromatic N) is 2. The van der Waals surface area contributed by atoms with Crippen molar-refractivity contribution < 1.29 is 19.2 Å². The highest BCUT2D eigenvalue weighted by Gasteiger charge is 2.34. The molecular weight excluding hydrogens is 474 g/mol. The molecule has 12 heteroatoms. The molecule has 2 amide bonds. The van der Waals surface area contributed by atoms with E-state index in [9.17, 15) is 24.5 Å². The number of amides is 2. The molecule has 2 heterocycles. The van der Waals surface area contributed by atoms with E-state index in [1.54, 1.807) is 34.6 Å². The number of hydrogen-bond acceptors (Lipinski definition) is 8. The molecule has 0 aromatic carbocycles. The number of aromatic amines is 1. The van der Waals surface area contributed by atoms with Crippen LogP contribution in [-0.2, 0) is 9.53 Å². The molecule has 3 N–H and O–H groups in total. The number of hydrogen-bond donors (Lipinski definition) is 3. The van der Waals surface area contributed by atoms with Gasteiger partial charge in [0.15, 0.2) is 0 Å². The van der Waals surface area contributed by atoms with Crippen LogP contribution in [0.5, 0.6) is 0 Å². The van der Waals surface area contributed by atoms with Crippen LogP contribution < -0.4 is 16.2 Å². The number of thioether (sulfide) groups is 1. The summed E-state index contributed by atoms with van der Waals surface area (Å²) in [4.78, 5) is 54.8. The fourth-order valence-corrected chi connectivity index (χ4v) is 4.63. The first-order valence-electron chi connectivity index (χ1n) is 10.9. The van der Waals surface area contributed by atoms with Crippen LogP contribution >= 0.6 is 11.8 Å². The largest absolute Gasteiger partial charge is 0.444 e.